The van der Waals surface area contributed by atoms with Crippen LogP contribution in [0.4, 0.5) is 0 Å². The van der Waals surface area contributed by atoms with Crippen LogP contribution in [0.25, 0.3) is 0 Å². The maximum atomic E-state index is 6.15. The SMILES string of the molecule is CCc1cccc(OC2CCOC3(CCC3)C2)c1. The van der Waals surface area contributed by atoms with Gasteiger partial charge < -0.3 is 9.47 Å². The minimum absolute atomic E-state index is 0.172. The minimum Gasteiger partial charge on any atom is -0.490 e. The number of benzene rings is 1. The second kappa shape index (κ2) is 4.93. The van der Waals surface area contributed by atoms with Crippen molar-refractivity contribution in [3.05, 3.63) is 29.8 Å². The van der Waals surface area contributed by atoms with Crippen molar-refractivity contribution in [2.45, 2.75) is 57.2 Å². The summed E-state index contributed by atoms with van der Waals surface area (Å²) in [6, 6.07) is 8.49. The van der Waals surface area contributed by atoms with E-state index in [2.05, 4.69) is 31.2 Å². The van der Waals surface area contributed by atoms with E-state index in [0.717, 1.165) is 31.6 Å². The molecule has 2 fully saturated rings. The third-order valence-corrected chi connectivity index (χ3v) is 4.32. The average molecular weight is 246 g/mol. The third kappa shape index (κ3) is 2.39. The Kier molecular flexibility index (Phi) is 3.29. The van der Waals surface area contributed by atoms with Crippen LogP contribution in [0.2, 0.25) is 0 Å². The Hall–Kier alpha value is -1.02. The van der Waals surface area contributed by atoms with Gasteiger partial charge in [-0.25, -0.2) is 0 Å². The summed E-state index contributed by atoms with van der Waals surface area (Å²) in [7, 11) is 0. The molecule has 98 valence electrons. The van der Waals surface area contributed by atoms with Gasteiger partial charge in [0, 0.05) is 12.8 Å². The highest BCUT2D eigenvalue weighted by Gasteiger charge is 2.43. The van der Waals surface area contributed by atoms with E-state index < -0.39 is 0 Å². The van der Waals surface area contributed by atoms with Crippen LogP contribution in [0.15, 0.2) is 24.3 Å². The maximum Gasteiger partial charge on any atom is 0.119 e. The van der Waals surface area contributed by atoms with E-state index in [9.17, 15) is 0 Å². The lowest BCUT2D eigenvalue weighted by atomic mass is 9.74. The summed E-state index contributed by atoms with van der Waals surface area (Å²) in [6.45, 7) is 3.04. The van der Waals surface area contributed by atoms with Gasteiger partial charge in [-0.1, -0.05) is 19.1 Å². The molecule has 0 amide bonds. The van der Waals surface area contributed by atoms with Crippen LogP contribution in [-0.4, -0.2) is 18.3 Å². The lowest BCUT2D eigenvalue weighted by Crippen LogP contribution is -2.48. The quantitative estimate of drug-likeness (QED) is 0.809. The Labute approximate surface area is 109 Å². The molecule has 2 aliphatic rings. The van der Waals surface area contributed by atoms with Crippen molar-refractivity contribution in [2.75, 3.05) is 6.61 Å². The molecule has 2 nitrogen and oxygen atoms in total. The van der Waals surface area contributed by atoms with Crippen LogP contribution in [0.5, 0.6) is 5.75 Å². The second-order valence-electron chi connectivity index (χ2n) is 5.62. The molecule has 1 aliphatic heterocycles. The van der Waals surface area contributed by atoms with E-state index >= 15 is 0 Å². The molecule has 1 heterocycles. The molecular formula is C16H22O2. The number of rotatable bonds is 3. The fraction of sp³-hybridized carbons (Fsp3) is 0.625. The Morgan fingerprint density at radius 3 is 3.00 bits per heavy atom. The molecule has 1 aromatic rings. The van der Waals surface area contributed by atoms with Crippen LogP contribution in [0.3, 0.4) is 0 Å². The van der Waals surface area contributed by atoms with E-state index in [0.29, 0.717) is 6.10 Å². The standard InChI is InChI=1S/C16H22O2/c1-2-13-5-3-6-14(11-13)18-15-7-10-17-16(12-15)8-4-9-16/h3,5-6,11,15H,2,4,7-10,12H2,1H3. The fourth-order valence-corrected chi connectivity index (χ4v) is 3.03. The van der Waals surface area contributed by atoms with Crippen LogP contribution < -0.4 is 4.74 Å². The van der Waals surface area contributed by atoms with E-state index in [-0.39, 0.29) is 5.60 Å². The molecule has 1 aliphatic carbocycles. The third-order valence-electron chi connectivity index (χ3n) is 4.32. The van der Waals surface area contributed by atoms with E-state index in [1.807, 2.05) is 0 Å². The molecule has 18 heavy (non-hydrogen) atoms. The number of hydrogen-bond donors (Lipinski definition) is 0. The van der Waals surface area contributed by atoms with Gasteiger partial charge >= 0.3 is 0 Å². The highest BCUT2D eigenvalue weighted by atomic mass is 16.5. The smallest absolute Gasteiger partial charge is 0.119 e. The number of ether oxygens (including phenoxy) is 2. The Morgan fingerprint density at radius 1 is 1.39 bits per heavy atom. The second-order valence-corrected chi connectivity index (χ2v) is 5.62. The van der Waals surface area contributed by atoms with Crippen molar-refractivity contribution in [1.82, 2.24) is 0 Å². The zero-order valence-corrected chi connectivity index (χ0v) is 11.2. The van der Waals surface area contributed by atoms with Crippen molar-refractivity contribution < 1.29 is 9.47 Å². The van der Waals surface area contributed by atoms with Crippen molar-refractivity contribution >= 4 is 0 Å². The number of aryl methyl sites for hydroxylation is 1. The van der Waals surface area contributed by atoms with Crippen LogP contribution in [0, 0.1) is 0 Å². The molecule has 0 radical (unpaired) electrons. The fourth-order valence-electron chi connectivity index (χ4n) is 3.03. The summed E-state index contributed by atoms with van der Waals surface area (Å²) in [5.41, 5.74) is 1.52. The van der Waals surface area contributed by atoms with Gasteiger partial charge in [-0.15, -0.1) is 0 Å². The van der Waals surface area contributed by atoms with Crippen LogP contribution in [-0.2, 0) is 11.2 Å². The summed E-state index contributed by atoms with van der Waals surface area (Å²) in [6.07, 6.45) is 7.27. The maximum absolute atomic E-state index is 6.15. The molecule has 1 saturated heterocycles. The summed E-state index contributed by atoms with van der Waals surface area (Å²) in [5, 5.41) is 0. The lowest BCUT2D eigenvalue weighted by molar-refractivity contribution is -0.153. The molecule has 3 rings (SSSR count). The first-order chi connectivity index (χ1) is 8.80. The summed E-state index contributed by atoms with van der Waals surface area (Å²) in [4.78, 5) is 0. The first-order valence-corrected chi connectivity index (χ1v) is 7.19. The molecule has 1 unspecified atom stereocenters. The Balaban J connectivity index is 1.64. The molecule has 2 heteroatoms. The highest BCUT2D eigenvalue weighted by molar-refractivity contribution is 5.28. The topological polar surface area (TPSA) is 18.5 Å². The zero-order valence-electron chi connectivity index (χ0n) is 11.2. The van der Waals surface area contributed by atoms with Gasteiger partial charge in [-0.3, -0.25) is 0 Å². The molecule has 0 N–H and O–H groups in total. The molecule has 1 aromatic carbocycles. The molecular weight excluding hydrogens is 224 g/mol. The predicted molar refractivity (Wildman–Crippen MR) is 72.0 cm³/mol. The summed E-state index contributed by atoms with van der Waals surface area (Å²) >= 11 is 0. The molecule has 1 saturated carbocycles. The summed E-state index contributed by atoms with van der Waals surface area (Å²) < 4.78 is 12.1. The van der Waals surface area contributed by atoms with Gasteiger partial charge in [-0.05, 0) is 43.4 Å². The minimum atomic E-state index is 0.172. The van der Waals surface area contributed by atoms with Crippen molar-refractivity contribution in [3.8, 4) is 5.75 Å². The monoisotopic (exact) mass is 246 g/mol. The number of hydrogen-bond acceptors (Lipinski definition) is 2. The average Bonchev–Trinajstić information content (AvgIpc) is 2.37. The van der Waals surface area contributed by atoms with Crippen molar-refractivity contribution in [3.63, 3.8) is 0 Å². The summed E-state index contributed by atoms with van der Waals surface area (Å²) in [5.74, 6) is 1.02. The van der Waals surface area contributed by atoms with Crippen molar-refractivity contribution in [1.29, 1.82) is 0 Å². The first kappa shape index (κ1) is 12.0. The molecule has 1 spiro atoms. The van der Waals surface area contributed by atoms with Crippen molar-refractivity contribution in [2.24, 2.45) is 0 Å². The Bertz CT molecular complexity index is 409. The molecule has 1 atom stereocenters. The van der Waals surface area contributed by atoms with Gasteiger partial charge in [-0.2, -0.15) is 0 Å². The predicted octanol–water partition coefficient (Wildman–Crippen LogP) is 3.73. The normalized spacial score (nSPS) is 25.7. The molecule has 0 bridgehead atoms. The van der Waals surface area contributed by atoms with Crippen LogP contribution >= 0.6 is 0 Å². The van der Waals surface area contributed by atoms with Gasteiger partial charge in [0.05, 0.1) is 12.2 Å². The van der Waals surface area contributed by atoms with Crippen LogP contribution in [0.1, 0.15) is 44.6 Å². The largest absolute Gasteiger partial charge is 0.490 e. The van der Waals surface area contributed by atoms with Gasteiger partial charge in [0.2, 0.25) is 0 Å². The highest BCUT2D eigenvalue weighted by Crippen LogP contribution is 2.43. The zero-order chi connectivity index (χ0) is 12.4. The van der Waals surface area contributed by atoms with Gasteiger partial charge in [0.25, 0.3) is 0 Å². The first-order valence-electron chi connectivity index (χ1n) is 7.19. The van der Waals surface area contributed by atoms with Gasteiger partial charge in [0.15, 0.2) is 0 Å². The van der Waals surface area contributed by atoms with E-state index in [4.69, 9.17) is 9.47 Å². The van der Waals surface area contributed by atoms with Gasteiger partial charge in [0.1, 0.15) is 11.9 Å². The lowest BCUT2D eigenvalue weighted by Gasteiger charge is -2.46. The Morgan fingerprint density at radius 2 is 2.28 bits per heavy atom. The van der Waals surface area contributed by atoms with E-state index in [1.165, 1.54) is 24.8 Å². The molecule has 0 aromatic heterocycles. The van der Waals surface area contributed by atoms with E-state index in [1.54, 1.807) is 0 Å².